The highest BCUT2D eigenvalue weighted by Gasteiger charge is 2.13. The highest BCUT2D eigenvalue weighted by atomic mass is 32.1. The fourth-order valence-electron chi connectivity index (χ4n) is 3.20. The van der Waals surface area contributed by atoms with Crippen LogP contribution < -0.4 is 25.0 Å². The lowest BCUT2D eigenvalue weighted by Gasteiger charge is -2.10. The topological polar surface area (TPSA) is 87.0 Å². The van der Waals surface area contributed by atoms with Crippen molar-refractivity contribution in [2.45, 2.75) is 6.54 Å². The number of nitrogens with one attached hydrogen (secondary N) is 1. The molecule has 0 bridgehead atoms. The van der Waals surface area contributed by atoms with Crippen LogP contribution in [0.3, 0.4) is 0 Å². The van der Waals surface area contributed by atoms with Gasteiger partial charge in [-0.25, -0.2) is 0 Å². The van der Waals surface area contributed by atoms with Gasteiger partial charge in [-0.2, -0.15) is 0 Å². The summed E-state index contributed by atoms with van der Waals surface area (Å²) < 4.78 is 21.8. The van der Waals surface area contributed by atoms with Crippen LogP contribution >= 0.6 is 11.3 Å². The average Bonchev–Trinajstić information content (AvgIpc) is 3.35. The van der Waals surface area contributed by atoms with E-state index in [0.29, 0.717) is 45.9 Å². The Hall–Kier alpha value is -3.78. The summed E-state index contributed by atoms with van der Waals surface area (Å²) in [4.78, 5) is 26.1. The van der Waals surface area contributed by atoms with Crippen LogP contribution in [0.2, 0.25) is 0 Å². The molecule has 2 aromatic carbocycles. The number of hydrogen-bond donors (Lipinski definition) is 1. The highest BCUT2D eigenvalue weighted by Crippen LogP contribution is 2.32. The maximum absolute atomic E-state index is 13.0. The SMILES string of the molecule is COc1ccc(-c2coc3cc(OCC(=O)NCc4cccs4)ccc3c2=O)cc1OC. The normalized spacial score (nSPS) is 10.7. The van der Waals surface area contributed by atoms with E-state index in [0.717, 1.165) is 4.88 Å². The van der Waals surface area contributed by atoms with Crippen LogP contribution in [0.25, 0.3) is 22.1 Å². The quantitative estimate of drug-likeness (QED) is 0.431. The van der Waals surface area contributed by atoms with E-state index in [2.05, 4.69) is 5.32 Å². The van der Waals surface area contributed by atoms with Crippen molar-refractivity contribution in [3.05, 3.63) is 75.3 Å². The van der Waals surface area contributed by atoms with E-state index in [1.165, 1.54) is 13.4 Å². The molecule has 0 atom stereocenters. The van der Waals surface area contributed by atoms with E-state index in [4.69, 9.17) is 18.6 Å². The molecule has 0 aliphatic heterocycles. The smallest absolute Gasteiger partial charge is 0.258 e. The molecular formula is C24H21NO6S. The summed E-state index contributed by atoms with van der Waals surface area (Å²) in [5.74, 6) is 1.29. The fraction of sp³-hybridized carbons (Fsp3) is 0.167. The summed E-state index contributed by atoms with van der Waals surface area (Å²) in [6, 6.07) is 14.0. The molecule has 1 amide bonds. The summed E-state index contributed by atoms with van der Waals surface area (Å²) >= 11 is 1.57. The summed E-state index contributed by atoms with van der Waals surface area (Å²) in [5, 5.41) is 5.16. The van der Waals surface area contributed by atoms with Gasteiger partial charge in [-0.3, -0.25) is 9.59 Å². The second-order valence-electron chi connectivity index (χ2n) is 6.85. The summed E-state index contributed by atoms with van der Waals surface area (Å²) in [5.41, 5.74) is 1.25. The lowest BCUT2D eigenvalue weighted by atomic mass is 10.0. The van der Waals surface area contributed by atoms with Gasteiger partial charge >= 0.3 is 0 Å². The molecule has 0 aliphatic carbocycles. The van der Waals surface area contributed by atoms with Crippen molar-refractivity contribution in [3.63, 3.8) is 0 Å². The van der Waals surface area contributed by atoms with E-state index in [1.54, 1.807) is 54.8 Å². The molecule has 0 unspecified atom stereocenters. The molecule has 4 aromatic rings. The number of carbonyl (C=O) groups excluding carboxylic acids is 1. The van der Waals surface area contributed by atoms with Gasteiger partial charge in [0.25, 0.3) is 5.91 Å². The second kappa shape index (κ2) is 9.57. The number of fused-ring (bicyclic) bond motifs is 1. The van der Waals surface area contributed by atoms with Crippen molar-refractivity contribution in [2.24, 2.45) is 0 Å². The van der Waals surface area contributed by atoms with Gasteiger partial charge in [0.1, 0.15) is 17.6 Å². The lowest BCUT2D eigenvalue weighted by Crippen LogP contribution is -2.28. The predicted molar refractivity (Wildman–Crippen MR) is 123 cm³/mol. The molecule has 0 saturated carbocycles. The zero-order chi connectivity index (χ0) is 22.5. The molecule has 0 radical (unpaired) electrons. The fourth-order valence-corrected chi connectivity index (χ4v) is 3.84. The van der Waals surface area contributed by atoms with Gasteiger partial charge in [-0.15, -0.1) is 11.3 Å². The molecule has 7 nitrogen and oxygen atoms in total. The molecule has 32 heavy (non-hydrogen) atoms. The Bertz CT molecular complexity index is 1300. The molecule has 0 spiro atoms. The van der Waals surface area contributed by atoms with Crippen LogP contribution in [0.15, 0.2) is 69.4 Å². The maximum atomic E-state index is 13.0. The van der Waals surface area contributed by atoms with Crippen LogP contribution in [-0.4, -0.2) is 26.7 Å². The number of rotatable bonds is 8. The van der Waals surface area contributed by atoms with Gasteiger partial charge < -0.3 is 23.9 Å². The summed E-state index contributed by atoms with van der Waals surface area (Å²) in [6.07, 6.45) is 1.41. The van der Waals surface area contributed by atoms with Crippen LogP contribution in [0.5, 0.6) is 17.2 Å². The minimum Gasteiger partial charge on any atom is -0.493 e. The molecule has 4 rings (SSSR count). The van der Waals surface area contributed by atoms with E-state index in [9.17, 15) is 9.59 Å². The first-order valence-corrected chi connectivity index (χ1v) is 10.7. The molecular weight excluding hydrogens is 430 g/mol. The Kier molecular flexibility index (Phi) is 6.42. The first kappa shape index (κ1) is 21.5. The van der Waals surface area contributed by atoms with Gasteiger partial charge in [0, 0.05) is 10.9 Å². The second-order valence-corrected chi connectivity index (χ2v) is 7.88. The number of carbonyl (C=O) groups is 1. The first-order chi connectivity index (χ1) is 15.6. The van der Waals surface area contributed by atoms with Gasteiger partial charge in [0.2, 0.25) is 0 Å². The van der Waals surface area contributed by atoms with E-state index < -0.39 is 0 Å². The third-order valence-electron chi connectivity index (χ3n) is 4.85. The number of benzene rings is 2. The van der Waals surface area contributed by atoms with Gasteiger partial charge in [0.05, 0.1) is 31.7 Å². The zero-order valence-corrected chi connectivity index (χ0v) is 18.4. The molecule has 164 valence electrons. The Balaban J connectivity index is 1.50. The van der Waals surface area contributed by atoms with E-state index in [1.807, 2.05) is 17.5 Å². The predicted octanol–water partition coefficient (Wildman–Crippen LogP) is 4.23. The molecule has 0 saturated heterocycles. The Morgan fingerprint density at radius 1 is 1.06 bits per heavy atom. The standard InChI is InChI=1S/C24H21NO6S/c1-28-20-8-5-15(10-22(20)29-2)19-13-31-21-11-16(6-7-18(21)24(19)27)30-14-23(26)25-12-17-4-3-9-32-17/h3-11,13H,12,14H2,1-2H3,(H,25,26). The van der Waals surface area contributed by atoms with Crippen molar-refractivity contribution in [1.82, 2.24) is 5.32 Å². The molecule has 0 aliphatic rings. The van der Waals surface area contributed by atoms with Gasteiger partial charge in [-0.1, -0.05) is 12.1 Å². The van der Waals surface area contributed by atoms with Crippen molar-refractivity contribution in [3.8, 4) is 28.4 Å². The highest BCUT2D eigenvalue weighted by molar-refractivity contribution is 7.09. The van der Waals surface area contributed by atoms with Crippen LogP contribution in [0.4, 0.5) is 0 Å². The third-order valence-corrected chi connectivity index (χ3v) is 5.73. The molecule has 0 fully saturated rings. The Labute approximate surface area is 188 Å². The maximum Gasteiger partial charge on any atom is 0.258 e. The number of ether oxygens (including phenoxy) is 3. The van der Waals surface area contributed by atoms with Crippen molar-refractivity contribution in [1.29, 1.82) is 0 Å². The van der Waals surface area contributed by atoms with Crippen LogP contribution in [-0.2, 0) is 11.3 Å². The van der Waals surface area contributed by atoms with Crippen molar-refractivity contribution in [2.75, 3.05) is 20.8 Å². The monoisotopic (exact) mass is 451 g/mol. The van der Waals surface area contributed by atoms with Crippen molar-refractivity contribution >= 4 is 28.2 Å². The molecule has 2 aromatic heterocycles. The number of thiophene rings is 1. The summed E-state index contributed by atoms with van der Waals surface area (Å²) in [6.45, 7) is 0.330. The van der Waals surface area contributed by atoms with Gasteiger partial charge in [0.15, 0.2) is 23.5 Å². The first-order valence-electron chi connectivity index (χ1n) is 9.79. The number of methoxy groups -OCH3 is 2. The minimum atomic E-state index is -0.233. The minimum absolute atomic E-state index is 0.134. The Morgan fingerprint density at radius 3 is 2.66 bits per heavy atom. The molecule has 8 heteroatoms. The zero-order valence-electron chi connectivity index (χ0n) is 17.5. The average molecular weight is 452 g/mol. The largest absolute Gasteiger partial charge is 0.493 e. The van der Waals surface area contributed by atoms with E-state index >= 15 is 0 Å². The van der Waals surface area contributed by atoms with Crippen molar-refractivity contribution < 1.29 is 23.4 Å². The van der Waals surface area contributed by atoms with Crippen LogP contribution in [0.1, 0.15) is 4.88 Å². The number of amides is 1. The van der Waals surface area contributed by atoms with Crippen LogP contribution in [0, 0.1) is 0 Å². The Morgan fingerprint density at radius 2 is 1.91 bits per heavy atom. The number of hydrogen-bond acceptors (Lipinski definition) is 7. The molecule has 1 N–H and O–H groups in total. The third kappa shape index (κ3) is 4.60. The molecule has 2 heterocycles. The lowest BCUT2D eigenvalue weighted by molar-refractivity contribution is -0.123. The summed E-state index contributed by atoms with van der Waals surface area (Å²) in [7, 11) is 3.09. The van der Waals surface area contributed by atoms with Gasteiger partial charge in [-0.05, 0) is 41.3 Å². The van der Waals surface area contributed by atoms with E-state index in [-0.39, 0.29) is 17.9 Å².